The van der Waals surface area contributed by atoms with E-state index in [2.05, 4.69) is 34.0 Å². The fraction of sp³-hybridized carbons (Fsp3) is 0.579. The highest BCUT2D eigenvalue weighted by atomic mass is 127. The molecule has 0 saturated carbocycles. The Morgan fingerprint density at radius 2 is 2.07 bits per heavy atom. The van der Waals surface area contributed by atoms with Crippen molar-refractivity contribution in [2.75, 3.05) is 26.7 Å². The van der Waals surface area contributed by atoms with Gasteiger partial charge in [0.05, 0.1) is 12.2 Å². The van der Waals surface area contributed by atoms with Crippen molar-refractivity contribution in [1.29, 1.82) is 0 Å². The molecule has 2 N–H and O–H groups in total. The van der Waals surface area contributed by atoms with Crippen LogP contribution in [-0.2, 0) is 23.6 Å². The van der Waals surface area contributed by atoms with Crippen LogP contribution in [-0.4, -0.2) is 55.7 Å². The minimum Gasteiger partial charge on any atom is -0.357 e. The number of guanidine groups is 1. The lowest BCUT2D eigenvalue weighted by Gasteiger charge is -2.22. The molecule has 0 fully saturated rings. The third kappa shape index (κ3) is 7.50. The molecule has 8 nitrogen and oxygen atoms in total. The lowest BCUT2D eigenvalue weighted by molar-refractivity contribution is 0.473. The topological polar surface area (TPSA) is 91.6 Å². The number of aryl methyl sites for hydroxylation is 2. The van der Waals surface area contributed by atoms with E-state index < -0.39 is 10.0 Å². The van der Waals surface area contributed by atoms with E-state index in [0.29, 0.717) is 23.2 Å². The van der Waals surface area contributed by atoms with Gasteiger partial charge in [0, 0.05) is 50.4 Å². The zero-order valence-electron chi connectivity index (χ0n) is 18.5. The molecule has 2 heterocycles. The number of nitrogens with zero attached hydrogens (tertiary/aromatic N) is 4. The minimum absolute atomic E-state index is 0. The fourth-order valence-electron chi connectivity index (χ4n) is 2.93. The summed E-state index contributed by atoms with van der Waals surface area (Å²) in [6, 6.07) is 3.43. The Morgan fingerprint density at radius 1 is 1.37 bits per heavy atom. The average Bonchev–Trinajstić information content (AvgIpc) is 3.23. The van der Waals surface area contributed by atoms with Crippen molar-refractivity contribution < 1.29 is 8.42 Å². The summed E-state index contributed by atoms with van der Waals surface area (Å²) >= 11 is 1.26. The van der Waals surface area contributed by atoms with E-state index in [1.54, 1.807) is 12.1 Å². The number of hydrogen-bond donors (Lipinski definition) is 2. The molecule has 0 bridgehead atoms. The lowest BCUT2D eigenvalue weighted by atomic mass is 10.1. The van der Waals surface area contributed by atoms with Crippen LogP contribution in [0, 0.1) is 6.92 Å². The molecule has 0 saturated heterocycles. The van der Waals surface area contributed by atoms with Gasteiger partial charge in [0.2, 0.25) is 10.0 Å². The third-order valence-electron chi connectivity index (χ3n) is 4.23. The first-order chi connectivity index (χ1) is 13.6. The number of sulfonamides is 1. The molecule has 0 radical (unpaired) electrons. The van der Waals surface area contributed by atoms with Gasteiger partial charge in [-0.05, 0) is 31.9 Å². The maximum Gasteiger partial charge on any atom is 0.250 e. The van der Waals surface area contributed by atoms with Crippen molar-refractivity contribution in [1.82, 2.24) is 24.7 Å². The summed E-state index contributed by atoms with van der Waals surface area (Å²) in [6.07, 6.45) is 2.03. The van der Waals surface area contributed by atoms with Gasteiger partial charge >= 0.3 is 0 Å². The van der Waals surface area contributed by atoms with Crippen LogP contribution in [0.15, 0.2) is 27.5 Å². The number of aromatic nitrogens is 2. The number of rotatable bonds is 9. The van der Waals surface area contributed by atoms with Crippen LogP contribution in [0.25, 0.3) is 0 Å². The Kier molecular flexibility index (Phi) is 10.8. The molecule has 170 valence electrons. The van der Waals surface area contributed by atoms with Crippen molar-refractivity contribution in [2.24, 2.45) is 12.0 Å². The monoisotopic (exact) mass is 568 g/mol. The van der Waals surface area contributed by atoms with E-state index in [4.69, 9.17) is 0 Å². The van der Waals surface area contributed by atoms with Crippen molar-refractivity contribution >= 4 is 51.3 Å². The normalized spacial score (nSPS) is 12.2. The molecule has 0 atom stereocenters. The van der Waals surface area contributed by atoms with Crippen LogP contribution >= 0.6 is 35.3 Å². The first-order valence-corrected chi connectivity index (χ1v) is 12.0. The zero-order chi connectivity index (χ0) is 21.6. The highest BCUT2D eigenvalue weighted by Gasteiger charge is 2.16. The predicted molar refractivity (Wildman–Crippen MR) is 134 cm³/mol. The Morgan fingerprint density at radius 3 is 2.63 bits per heavy atom. The highest BCUT2D eigenvalue weighted by Crippen LogP contribution is 2.20. The van der Waals surface area contributed by atoms with Crippen molar-refractivity contribution in [3.8, 4) is 0 Å². The minimum atomic E-state index is -3.48. The maximum absolute atomic E-state index is 12.3. The van der Waals surface area contributed by atoms with E-state index in [1.807, 2.05) is 43.7 Å². The van der Waals surface area contributed by atoms with Gasteiger partial charge in [0.25, 0.3) is 0 Å². The van der Waals surface area contributed by atoms with Crippen molar-refractivity contribution in [3.05, 3.63) is 34.5 Å². The molecule has 2 aromatic heterocycles. The summed E-state index contributed by atoms with van der Waals surface area (Å²) in [4.78, 5) is 7.57. The second-order valence-electron chi connectivity index (χ2n) is 7.22. The van der Waals surface area contributed by atoms with Crippen LogP contribution in [0.5, 0.6) is 0 Å². The van der Waals surface area contributed by atoms with Gasteiger partial charge in [-0.3, -0.25) is 9.67 Å². The number of thiophene rings is 1. The molecule has 2 aromatic rings. The molecular formula is C19H33IN6O2S2. The second kappa shape index (κ2) is 12.0. The van der Waals surface area contributed by atoms with E-state index in [0.717, 1.165) is 28.6 Å². The zero-order valence-corrected chi connectivity index (χ0v) is 22.4. The van der Waals surface area contributed by atoms with Gasteiger partial charge in [0.1, 0.15) is 4.21 Å². The fourth-order valence-corrected chi connectivity index (χ4v) is 5.28. The Hall–Kier alpha value is -1.18. The molecule has 0 unspecified atom stereocenters. The quantitative estimate of drug-likeness (QED) is 0.210. The number of halogens is 1. The van der Waals surface area contributed by atoms with Crippen LogP contribution < -0.4 is 10.0 Å². The van der Waals surface area contributed by atoms with Crippen LogP contribution in [0.4, 0.5) is 0 Å². The SMILES string of the molecule is CCNC(=NCCNS(=O)(=O)c1ccc(C)s1)N(C)Cc1cn(C)nc1C(C)C.I. The first kappa shape index (κ1) is 26.9. The van der Waals surface area contributed by atoms with E-state index >= 15 is 0 Å². The standard InChI is InChI=1S/C19H32N6O2S2.HI/c1-7-20-19(24(5)12-16-13-25(6)23-18(16)14(2)3)21-10-11-22-29(26,27)17-9-8-15(4)28-17;/h8-9,13-14,22H,7,10-12H2,1-6H3,(H,20,21);1H. The van der Waals surface area contributed by atoms with Crippen LogP contribution in [0.2, 0.25) is 0 Å². The smallest absolute Gasteiger partial charge is 0.250 e. The lowest BCUT2D eigenvalue weighted by Crippen LogP contribution is -2.39. The predicted octanol–water partition coefficient (Wildman–Crippen LogP) is 2.91. The third-order valence-corrected chi connectivity index (χ3v) is 7.19. The maximum atomic E-state index is 12.3. The van der Waals surface area contributed by atoms with Gasteiger partial charge in [0.15, 0.2) is 5.96 Å². The molecule has 0 aliphatic carbocycles. The number of aliphatic imine (C=N–C) groups is 1. The average molecular weight is 569 g/mol. The summed E-state index contributed by atoms with van der Waals surface area (Å²) in [6.45, 7) is 10.2. The van der Waals surface area contributed by atoms with Gasteiger partial charge in [-0.25, -0.2) is 13.1 Å². The first-order valence-electron chi connectivity index (χ1n) is 9.72. The Balaban J connectivity index is 0.00000450. The number of hydrogen-bond acceptors (Lipinski definition) is 5. The van der Waals surface area contributed by atoms with Crippen molar-refractivity contribution in [3.63, 3.8) is 0 Å². The van der Waals surface area contributed by atoms with E-state index in [-0.39, 0.29) is 30.5 Å². The van der Waals surface area contributed by atoms with Crippen molar-refractivity contribution in [2.45, 2.75) is 44.4 Å². The highest BCUT2D eigenvalue weighted by molar-refractivity contribution is 14.0. The molecule has 0 aliphatic heterocycles. The summed E-state index contributed by atoms with van der Waals surface area (Å²) in [5.41, 5.74) is 2.23. The molecular weight excluding hydrogens is 535 g/mol. The van der Waals surface area contributed by atoms with E-state index in [9.17, 15) is 8.42 Å². The summed E-state index contributed by atoms with van der Waals surface area (Å²) in [5.74, 6) is 1.08. The summed E-state index contributed by atoms with van der Waals surface area (Å²) in [5, 5.41) is 7.82. The Labute approximate surface area is 201 Å². The Bertz CT molecular complexity index is 937. The molecule has 0 aromatic carbocycles. The molecule has 2 rings (SSSR count). The number of nitrogens with one attached hydrogen (secondary N) is 2. The largest absolute Gasteiger partial charge is 0.357 e. The second-order valence-corrected chi connectivity index (χ2v) is 10.5. The van der Waals surface area contributed by atoms with Gasteiger partial charge in [-0.1, -0.05) is 13.8 Å². The summed E-state index contributed by atoms with van der Waals surface area (Å²) in [7, 11) is 0.419. The molecule has 0 amide bonds. The summed E-state index contributed by atoms with van der Waals surface area (Å²) < 4.78 is 29.4. The molecule has 0 aliphatic rings. The van der Waals surface area contributed by atoms with E-state index in [1.165, 1.54) is 11.3 Å². The van der Waals surface area contributed by atoms with Gasteiger partial charge < -0.3 is 10.2 Å². The van der Waals surface area contributed by atoms with Gasteiger partial charge in [-0.2, -0.15) is 5.10 Å². The molecule has 30 heavy (non-hydrogen) atoms. The van der Waals surface area contributed by atoms with Crippen LogP contribution in [0.3, 0.4) is 0 Å². The molecule has 11 heteroatoms. The molecule has 0 spiro atoms. The van der Waals surface area contributed by atoms with Crippen LogP contribution in [0.1, 0.15) is 42.8 Å². The van der Waals surface area contributed by atoms with Gasteiger partial charge in [-0.15, -0.1) is 35.3 Å².